The molecule has 0 unspecified atom stereocenters. The first-order valence-corrected chi connectivity index (χ1v) is 10.6. The first-order chi connectivity index (χ1) is 13.2. The highest BCUT2D eigenvalue weighted by Gasteiger charge is 2.42. The number of benzene rings is 1. The Bertz CT molecular complexity index is 796. The number of nitrogens with one attached hydrogen (secondary N) is 2. The van der Waals surface area contributed by atoms with Gasteiger partial charge in [0.25, 0.3) is 0 Å². The molecule has 2 saturated heterocycles. The van der Waals surface area contributed by atoms with Gasteiger partial charge >= 0.3 is 6.03 Å². The lowest BCUT2D eigenvalue weighted by Gasteiger charge is -2.16. The van der Waals surface area contributed by atoms with Crippen molar-refractivity contribution in [2.75, 3.05) is 5.75 Å². The molecular weight excluding hydrogens is 362 g/mol. The Kier molecular flexibility index (Phi) is 5.52. The number of phenols is 1. The van der Waals surface area contributed by atoms with E-state index in [0.29, 0.717) is 23.9 Å². The van der Waals surface area contributed by atoms with Crippen LogP contribution in [0.2, 0.25) is 0 Å². The molecule has 7 nitrogen and oxygen atoms in total. The molecule has 8 heteroatoms. The minimum Gasteiger partial charge on any atom is -0.508 e. The summed E-state index contributed by atoms with van der Waals surface area (Å²) in [6, 6.07) is 7.90. The Morgan fingerprint density at radius 3 is 3.00 bits per heavy atom. The molecule has 3 N–H and O–H groups in total. The minimum atomic E-state index is -0.0118. The zero-order valence-corrected chi connectivity index (χ0v) is 16.0. The fourth-order valence-corrected chi connectivity index (χ4v) is 5.36. The summed E-state index contributed by atoms with van der Waals surface area (Å²) >= 11 is 1.97. The van der Waals surface area contributed by atoms with Crippen molar-refractivity contribution in [3.63, 3.8) is 0 Å². The van der Waals surface area contributed by atoms with Crippen molar-refractivity contribution in [3.05, 3.63) is 41.7 Å². The number of carbonyl (C=O) groups excluding carboxylic acids is 1. The number of carbonyl (C=O) groups is 1. The van der Waals surface area contributed by atoms with Crippen molar-refractivity contribution >= 4 is 17.8 Å². The standard InChI is InChI=1S/C19H25N5O2S/c25-16-8-5-4-6-13(16)10-24-11-14(22-23-24)7-2-1-3-9-17-18-15(12-27-17)20-19(26)21-18/h4-6,8,11,15,17-18,25H,1-3,7,9-10,12H2,(H2,20,21,26)/t15-,17-,18-/m0/s1. The van der Waals surface area contributed by atoms with E-state index in [-0.39, 0.29) is 11.8 Å². The fourth-order valence-electron chi connectivity index (χ4n) is 3.82. The molecule has 0 saturated carbocycles. The molecule has 4 rings (SSSR count). The number of aryl methyl sites for hydroxylation is 1. The smallest absolute Gasteiger partial charge is 0.315 e. The third-order valence-electron chi connectivity index (χ3n) is 5.27. The maximum atomic E-state index is 11.4. The molecule has 3 heterocycles. The Hall–Kier alpha value is -2.22. The van der Waals surface area contributed by atoms with Gasteiger partial charge in [0.05, 0.1) is 24.3 Å². The van der Waals surface area contributed by atoms with Gasteiger partial charge in [-0.3, -0.25) is 0 Å². The molecule has 2 amide bonds. The van der Waals surface area contributed by atoms with E-state index < -0.39 is 0 Å². The maximum Gasteiger partial charge on any atom is 0.315 e. The molecule has 144 valence electrons. The molecule has 0 bridgehead atoms. The van der Waals surface area contributed by atoms with E-state index in [1.807, 2.05) is 36.2 Å². The number of aromatic hydroxyl groups is 1. The van der Waals surface area contributed by atoms with Crippen LogP contribution in [-0.4, -0.2) is 49.2 Å². The number of phenolic OH excluding ortho intramolecular Hbond substituents is 1. The molecule has 0 spiro atoms. The van der Waals surface area contributed by atoms with E-state index >= 15 is 0 Å². The molecule has 1 aromatic heterocycles. The second-order valence-corrected chi connectivity index (χ2v) is 8.53. The lowest BCUT2D eigenvalue weighted by molar-refractivity contribution is 0.247. The number of unbranched alkanes of at least 4 members (excludes halogenated alkanes) is 2. The normalized spacial score (nSPS) is 23.9. The topological polar surface area (TPSA) is 92.1 Å². The zero-order valence-electron chi connectivity index (χ0n) is 15.2. The Morgan fingerprint density at radius 1 is 1.22 bits per heavy atom. The van der Waals surface area contributed by atoms with Gasteiger partial charge in [-0.05, 0) is 25.3 Å². The SMILES string of the molecule is O=C1N[C@H]2[C@H](CS[C@H]2CCCCCc2cn(Cc3ccccc3O)nn2)N1. The molecule has 0 aliphatic carbocycles. The highest BCUT2D eigenvalue weighted by atomic mass is 32.2. The van der Waals surface area contributed by atoms with Crippen LogP contribution < -0.4 is 10.6 Å². The quantitative estimate of drug-likeness (QED) is 0.477. The number of urea groups is 1. The number of fused-ring (bicyclic) bond motifs is 1. The van der Waals surface area contributed by atoms with Crippen molar-refractivity contribution in [1.29, 1.82) is 0 Å². The zero-order chi connectivity index (χ0) is 18.6. The largest absolute Gasteiger partial charge is 0.508 e. The minimum absolute atomic E-state index is 0.0118. The molecule has 2 aromatic rings. The Morgan fingerprint density at radius 2 is 2.11 bits per heavy atom. The second-order valence-electron chi connectivity index (χ2n) is 7.26. The summed E-state index contributed by atoms with van der Waals surface area (Å²) in [6.45, 7) is 0.529. The maximum absolute atomic E-state index is 11.4. The summed E-state index contributed by atoms with van der Waals surface area (Å²) in [5.74, 6) is 1.31. The van der Waals surface area contributed by atoms with E-state index in [1.165, 1.54) is 6.42 Å². The molecule has 0 radical (unpaired) electrons. The molecule has 1 aromatic carbocycles. The lowest BCUT2D eigenvalue weighted by atomic mass is 10.0. The van der Waals surface area contributed by atoms with E-state index in [1.54, 1.807) is 10.7 Å². The predicted molar refractivity (Wildman–Crippen MR) is 105 cm³/mol. The van der Waals surface area contributed by atoms with Crippen molar-refractivity contribution in [2.45, 2.75) is 56.0 Å². The van der Waals surface area contributed by atoms with E-state index in [0.717, 1.165) is 42.7 Å². The Balaban J connectivity index is 1.17. The van der Waals surface area contributed by atoms with Gasteiger partial charge in [0, 0.05) is 22.8 Å². The van der Waals surface area contributed by atoms with Crippen LogP contribution in [0.15, 0.2) is 30.5 Å². The summed E-state index contributed by atoms with van der Waals surface area (Å²) in [5, 5.41) is 24.8. The van der Waals surface area contributed by atoms with Crippen molar-refractivity contribution in [1.82, 2.24) is 25.6 Å². The van der Waals surface area contributed by atoms with Crippen molar-refractivity contribution < 1.29 is 9.90 Å². The third kappa shape index (κ3) is 4.37. The van der Waals surface area contributed by atoms with E-state index in [2.05, 4.69) is 20.9 Å². The second kappa shape index (κ2) is 8.21. The van der Waals surface area contributed by atoms with Crippen LogP contribution in [0.5, 0.6) is 5.75 Å². The lowest BCUT2D eigenvalue weighted by Crippen LogP contribution is -2.36. The van der Waals surface area contributed by atoms with Gasteiger partial charge in [0.2, 0.25) is 0 Å². The highest BCUT2D eigenvalue weighted by molar-refractivity contribution is 8.00. The van der Waals surface area contributed by atoms with Crippen LogP contribution in [0.25, 0.3) is 0 Å². The number of hydrogen-bond acceptors (Lipinski definition) is 5. The third-order valence-corrected chi connectivity index (χ3v) is 6.78. The number of para-hydroxylation sites is 1. The summed E-state index contributed by atoms with van der Waals surface area (Å²) in [4.78, 5) is 11.4. The van der Waals surface area contributed by atoms with E-state index in [4.69, 9.17) is 0 Å². The molecule has 2 aliphatic rings. The fraction of sp³-hybridized carbons (Fsp3) is 0.526. The van der Waals surface area contributed by atoms with Gasteiger partial charge in [-0.1, -0.05) is 36.3 Å². The first-order valence-electron chi connectivity index (χ1n) is 9.53. The summed E-state index contributed by atoms with van der Waals surface area (Å²) < 4.78 is 1.77. The van der Waals surface area contributed by atoms with Crippen molar-refractivity contribution in [3.8, 4) is 5.75 Å². The van der Waals surface area contributed by atoms with Gasteiger partial charge < -0.3 is 15.7 Å². The van der Waals surface area contributed by atoms with Gasteiger partial charge in [0.15, 0.2) is 0 Å². The number of hydrogen-bond donors (Lipinski definition) is 3. The van der Waals surface area contributed by atoms with Gasteiger partial charge in [-0.15, -0.1) is 5.10 Å². The highest BCUT2D eigenvalue weighted by Crippen LogP contribution is 2.33. The van der Waals surface area contributed by atoms with Gasteiger partial charge in [-0.2, -0.15) is 11.8 Å². The molecule has 3 atom stereocenters. The van der Waals surface area contributed by atoms with Crippen molar-refractivity contribution in [2.24, 2.45) is 0 Å². The van der Waals surface area contributed by atoms with Crippen LogP contribution in [0.3, 0.4) is 0 Å². The summed E-state index contributed by atoms with van der Waals surface area (Å²) in [5.41, 5.74) is 1.84. The number of aromatic nitrogens is 3. The van der Waals surface area contributed by atoms with Crippen LogP contribution in [0, 0.1) is 0 Å². The molecule has 2 aliphatic heterocycles. The molecule has 2 fully saturated rings. The average Bonchev–Trinajstić information content (AvgIpc) is 3.34. The van der Waals surface area contributed by atoms with E-state index in [9.17, 15) is 9.90 Å². The van der Waals surface area contributed by atoms with Gasteiger partial charge in [0.1, 0.15) is 5.75 Å². The monoisotopic (exact) mass is 387 g/mol. The summed E-state index contributed by atoms with van der Waals surface area (Å²) in [6.07, 6.45) is 7.44. The van der Waals surface area contributed by atoms with Crippen LogP contribution in [-0.2, 0) is 13.0 Å². The number of thioether (sulfide) groups is 1. The molecule has 27 heavy (non-hydrogen) atoms. The molecular formula is C19H25N5O2S. The number of nitrogens with zero attached hydrogens (tertiary/aromatic N) is 3. The van der Waals surface area contributed by atoms with Crippen LogP contribution in [0.4, 0.5) is 4.79 Å². The van der Waals surface area contributed by atoms with Gasteiger partial charge in [-0.25, -0.2) is 9.48 Å². The number of rotatable bonds is 8. The predicted octanol–water partition coefficient (Wildman–Crippen LogP) is 2.30. The van der Waals surface area contributed by atoms with Crippen LogP contribution >= 0.6 is 11.8 Å². The summed E-state index contributed by atoms with van der Waals surface area (Å²) in [7, 11) is 0. The number of amides is 2. The average molecular weight is 388 g/mol. The Labute approximate surface area is 162 Å². The first kappa shape index (κ1) is 18.2. The van der Waals surface area contributed by atoms with Crippen LogP contribution in [0.1, 0.15) is 36.9 Å².